The number of hydrogen-bond acceptors (Lipinski definition) is 5. The van der Waals surface area contributed by atoms with Crippen molar-refractivity contribution in [2.45, 2.75) is 23.8 Å². The van der Waals surface area contributed by atoms with Crippen LogP contribution < -0.4 is 0 Å². The molecule has 0 unspecified atom stereocenters. The lowest BCUT2D eigenvalue weighted by Gasteiger charge is -2.20. The minimum atomic E-state index is -4.30. The summed E-state index contributed by atoms with van der Waals surface area (Å²) in [6.07, 6.45) is 0.549. The van der Waals surface area contributed by atoms with E-state index in [0.717, 1.165) is 16.4 Å². The van der Waals surface area contributed by atoms with E-state index in [4.69, 9.17) is 16.7 Å². The monoisotopic (exact) mass is 334 g/mol. The Morgan fingerprint density at radius 2 is 2.14 bits per heavy atom. The number of rotatable bonds is 4. The van der Waals surface area contributed by atoms with Crippen LogP contribution in [-0.2, 0) is 14.8 Å². The van der Waals surface area contributed by atoms with Gasteiger partial charge < -0.3 is 5.11 Å². The normalized spacial score (nSPS) is 19.6. The maximum absolute atomic E-state index is 12.5. The first-order chi connectivity index (χ1) is 9.75. The van der Waals surface area contributed by atoms with Crippen molar-refractivity contribution < 1.29 is 23.2 Å². The van der Waals surface area contributed by atoms with E-state index in [1.54, 1.807) is 0 Å². The van der Waals surface area contributed by atoms with Crippen LogP contribution in [0.3, 0.4) is 0 Å². The van der Waals surface area contributed by atoms with Gasteiger partial charge in [0, 0.05) is 17.6 Å². The number of sulfonamides is 1. The predicted octanol–water partition coefficient (Wildman–Crippen LogP) is 1.49. The van der Waals surface area contributed by atoms with Gasteiger partial charge in [-0.25, -0.2) is 8.42 Å². The summed E-state index contributed by atoms with van der Waals surface area (Å²) in [6, 6.07) is 1.94. The summed E-state index contributed by atoms with van der Waals surface area (Å²) in [5, 5.41) is 20.1. The van der Waals surface area contributed by atoms with Crippen molar-refractivity contribution in [2.75, 3.05) is 6.54 Å². The van der Waals surface area contributed by atoms with Crippen LogP contribution in [0.5, 0.6) is 0 Å². The summed E-state index contributed by atoms with van der Waals surface area (Å²) in [4.78, 5) is 20.7. The molecule has 1 aromatic carbocycles. The van der Waals surface area contributed by atoms with Crippen molar-refractivity contribution in [1.82, 2.24) is 4.31 Å². The van der Waals surface area contributed by atoms with Crippen LogP contribution in [0.1, 0.15) is 12.8 Å². The molecule has 10 heteroatoms. The zero-order valence-corrected chi connectivity index (χ0v) is 12.2. The quantitative estimate of drug-likeness (QED) is 0.658. The predicted molar refractivity (Wildman–Crippen MR) is 72.7 cm³/mol. The van der Waals surface area contributed by atoms with E-state index in [0.29, 0.717) is 6.42 Å². The summed E-state index contributed by atoms with van der Waals surface area (Å²) in [5.41, 5.74) is -0.629. The molecule has 1 aliphatic rings. The van der Waals surface area contributed by atoms with Crippen molar-refractivity contribution in [3.63, 3.8) is 0 Å². The first-order valence-electron chi connectivity index (χ1n) is 5.93. The third-order valence-electron chi connectivity index (χ3n) is 3.19. The molecule has 0 bridgehead atoms. The number of carboxylic acids is 1. The molecule has 8 nitrogen and oxygen atoms in total. The molecule has 1 fully saturated rings. The second-order valence-corrected chi connectivity index (χ2v) is 6.78. The van der Waals surface area contributed by atoms with Crippen molar-refractivity contribution in [3.8, 4) is 0 Å². The Balaban J connectivity index is 2.56. The molecule has 2 rings (SSSR count). The molecule has 0 aliphatic carbocycles. The maximum Gasteiger partial charge on any atom is 0.322 e. The second kappa shape index (κ2) is 5.58. The fourth-order valence-electron chi connectivity index (χ4n) is 2.25. The SMILES string of the molecule is O=C(O)[C@H]1CCCN1S(=O)(=O)c1cc(Cl)ccc1[N+](=O)[O-]. The highest BCUT2D eigenvalue weighted by molar-refractivity contribution is 7.89. The fourth-order valence-corrected chi connectivity index (χ4v) is 4.32. The number of carbonyl (C=O) groups is 1. The number of halogens is 1. The Morgan fingerprint density at radius 3 is 2.71 bits per heavy atom. The molecule has 0 amide bonds. The maximum atomic E-state index is 12.5. The van der Waals surface area contributed by atoms with E-state index in [1.807, 2.05) is 0 Å². The third kappa shape index (κ3) is 2.85. The number of carboxylic acid groups (broad SMARTS) is 1. The van der Waals surface area contributed by atoms with Gasteiger partial charge in [0.2, 0.25) is 0 Å². The summed E-state index contributed by atoms with van der Waals surface area (Å²) in [7, 11) is -4.30. The summed E-state index contributed by atoms with van der Waals surface area (Å²) < 4.78 is 25.8. The lowest BCUT2D eigenvalue weighted by molar-refractivity contribution is -0.387. The second-order valence-electron chi connectivity index (χ2n) is 4.48. The standard InChI is InChI=1S/C11H11ClN2O6S/c12-7-3-4-8(14(17)18)10(6-7)21(19,20)13-5-1-2-9(13)11(15)16/h3-4,6,9H,1-2,5H2,(H,15,16)/t9-/m1/s1. The van der Waals surface area contributed by atoms with Crippen LogP contribution in [0, 0.1) is 10.1 Å². The molecule has 0 radical (unpaired) electrons. The van der Waals surface area contributed by atoms with E-state index in [2.05, 4.69) is 0 Å². The first kappa shape index (κ1) is 15.7. The zero-order chi connectivity index (χ0) is 15.8. The van der Waals surface area contributed by atoms with Gasteiger partial charge in [0.05, 0.1) is 4.92 Å². The summed E-state index contributed by atoms with van der Waals surface area (Å²) in [6.45, 7) is 0.00294. The van der Waals surface area contributed by atoms with E-state index in [1.165, 1.54) is 6.07 Å². The number of nitro benzene ring substituents is 1. The van der Waals surface area contributed by atoms with Crippen LogP contribution >= 0.6 is 11.6 Å². The Kier molecular flexibility index (Phi) is 4.17. The topological polar surface area (TPSA) is 118 Å². The molecule has 1 heterocycles. The van der Waals surface area contributed by atoms with Gasteiger partial charge in [-0.1, -0.05) is 11.6 Å². The van der Waals surface area contributed by atoms with Crippen LogP contribution in [0.25, 0.3) is 0 Å². The molecule has 0 aromatic heterocycles. The van der Waals surface area contributed by atoms with Gasteiger partial charge in [0.1, 0.15) is 6.04 Å². The number of aliphatic carboxylic acids is 1. The fraction of sp³-hybridized carbons (Fsp3) is 0.364. The molecule has 0 spiro atoms. The van der Waals surface area contributed by atoms with Crippen molar-refractivity contribution in [1.29, 1.82) is 0 Å². The van der Waals surface area contributed by atoms with Gasteiger partial charge in [-0.3, -0.25) is 14.9 Å². The minimum absolute atomic E-state index is 0.00294. The molecule has 1 aliphatic heterocycles. The average molecular weight is 335 g/mol. The molecular weight excluding hydrogens is 324 g/mol. The van der Waals surface area contributed by atoms with E-state index < -0.39 is 37.5 Å². The van der Waals surface area contributed by atoms with E-state index in [9.17, 15) is 23.3 Å². The van der Waals surface area contributed by atoms with E-state index >= 15 is 0 Å². The molecule has 21 heavy (non-hydrogen) atoms. The summed E-state index contributed by atoms with van der Waals surface area (Å²) in [5.74, 6) is -1.28. The van der Waals surface area contributed by atoms with Gasteiger partial charge in [0.15, 0.2) is 4.90 Å². The Labute approximate surface area is 125 Å². The lowest BCUT2D eigenvalue weighted by Crippen LogP contribution is -2.40. The Bertz CT molecular complexity index is 705. The van der Waals surface area contributed by atoms with Crippen molar-refractivity contribution in [2.24, 2.45) is 0 Å². The lowest BCUT2D eigenvalue weighted by atomic mass is 10.2. The number of benzene rings is 1. The van der Waals surface area contributed by atoms with Crippen LogP contribution in [0.4, 0.5) is 5.69 Å². The molecular formula is C11H11ClN2O6S. The van der Waals surface area contributed by atoms with Crippen molar-refractivity contribution >= 4 is 33.3 Å². The molecule has 1 atom stereocenters. The smallest absolute Gasteiger partial charge is 0.322 e. The van der Waals surface area contributed by atoms with Gasteiger partial charge in [0.25, 0.3) is 15.7 Å². The van der Waals surface area contributed by atoms with Gasteiger partial charge in [-0.15, -0.1) is 0 Å². The van der Waals surface area contributed by atoms with Crippen LogP contribution in [-0.4, -0.2) is 41.3 Å². The molecule has 1 aromatic rings. The minimum Gasteiger partial charge on any atom is -0.480 e. The van der Waals surface area contributed by atoms with Gasteiger partial charge >= 0.3 is 5.97 Å². The van der Waals surface area contributed by atoms with Crippen LogP contribution in [0.15, 0.2) is 23.1 Å². The Morgan fingerprint density at radius 1 is 1.48 bits per heavy atom. The largest absolute Gasteiger partial charge is 0.480 e. The third-order valence-corrected chi connectivity index (χ3v) is 5.37. The van der Waals surface area contributed by atoms with E-state index in [-0.39, 0.29) is 18.0 Å². The van der Waals surface area contributed by atoms with Gasteiger partial charge in [-0.2, -0.15) is 4.31 Å². The van der Waals surface area contributed by atoms with Crippen molar-refractivity contribution in [3.05, 3.63) is 33.3 Å². The number of nitrogens with zero attached hydrogens (tertiary/aromatic N) is 2. The van der Waals surface area contributed by atoms with Crippen LogP contribution in [0.2, 0.25) is 5.02 Å². The average Bonchev–Trinajstić information content (AvgIpc) is 2.88. The zero-order valence-electron chi connectivity index (χ0n) is 10.6. The number of hydrogen-bond donors (Lipinski definition) is 1. The molecule has 0 saturated carbocycles. The molecule has 1 saturated heterocycles. The summed E-state index contributed by atoms with van der Waals surface area (Å²) >= 11 is 5.71. The number of nitro groups is 1. The highest BCUT2D eigenvalue weighted by Crippen LogP contribution is 2.33. The molecule has 114 valence electrons. The molecule has 1 N–H and O–H groups in total. The first-order valence-corrected chi connectivity index (χ1v) is 7.75. The Hall–Kier alpha value is -1.71. The highest BCUT2D eigenvalue weighted by atomic mass is 35.5. The van der Waals surface area contributed by atoms with Gasteiger partial charge in [-0.05, 0) is 25.0 Å². The highest BCUT2D eigenvalue weighted by Gasteiger charge is 2.42.